The van der Waals surface area contributed by atoms with Gasteiger partial charge in [0.15, 0.2) is 5.96 Å². The average Bonchev–Trinajstić information content (AvgIpc) is 2.93. The number of hydrogen-bond donors (Lipinski definition) is 2. The van der Waals surface area contributed by atoms with E-state index < -0.39 is 0 Å². The van der Waals surface area contributed by atoms with E-state index in [1.807, 2.05) is 18.2 Å². The predicted molar refractivity (Wildman–Crippen MR) is 115 cm³/mol. The van der Waals surface area contributed by atoms with Gasteiger partial charge < -0.3 is 10.6 Å². The molecule has 0 saturated heterocycles. The normalized spacial score (nSPS) is 11.0. The summed E-state index contributed by atoms with van der Waals surface area (Å²) in [7, 11) is 0. The topological polar surface area (TPSA) is 49.3 Å². The van der Waals surface area contributed by atoms with Gasteiger partial charge in [0.05, 0.1) is 17.2 Å². The van der Waals surface area contributed by atoms with Crippen molar-refractivity contribution in [2.45, 2.75) is 40.2 Å². The number of benzene rings is 1. The molecule has 0 amide bonds. The third-order valence-electron chi connectivity index (χ3n) is 3.51. The zero-order valence-corrected chi connectivity index (χ0v) is 17.8. The second kappa shape index (κ2) is 11.4. The first-order valence-electron chi connectivity index (χ1n) is 8.24. The van der Waals surface area contributed by atoms with Crippen LogP contribution in [0.4, 0.5) is 0 Å². The van der Waals surface area contributed by atoms with Crippen molar-refractivity contribution in [3.05, 3.63) is 51.5 Å². The lowest BCUT2D eigenvalue weighted by molar-refractivity contribution is 0.794. The minimum absolute atomic E-state index is 0. The van der Waals surface area contributed by atoms with Crippen LogP contribution in [0, 0.1) is 6.92 Å². The van der Waals surface area contributed by atoms with Crippen molar-refractivity contribution >= 4 is 41.3 Å². The molecule has 2 rings (SSSR count). The quantitative estimate of drug-likeness (QED) is 0.376. The maximum atomic E-state index is 4.68. The fourth-order valence-corrected chi connectivity index (χ4v) is 3.33. The molecule has 0 radical (unpaired) electrons. The van der Waals surface area contributed by atoms with Crippen molar-refractivity contribution in [2.75, 3.05) is 13.1 Å². The van der Waals surface area contributed by atoms with Crippen LogP contribution in [0.25, 0.3) is 0 Å². The van der Waals surface area contributed by atoms with Crippen LogP contribution in [0.1, 0.15) is 35.0 Å². The highest BCUT2D eigenvalue weighted by Crippen LogP contribution is 2.17. The van der Waals surface area contributed by atoms with Crippen LogP contribution in [0.5, 0.6) is 0 Å². The van der Waals surface area contributed by atoms with Crippen LogP contribution < -0.4 is 10.6 Å². The summed E-state index contributed by atoms with van der Waals surface area (Å²) in [6, 6.07) is 10.3. The molecule has 0 aliphatic heterocycles. The zero-order chi connectivity index (χ0) is 16.5. The number of nitrogens with one attached hydrogen (secondary N) is 2. The molecule has 4 nitrogen and oxygen atoms in total. The molecule has 0 saturated carbocycles. The molecule has 0 spiro atoms. The number of thiazole rings is 1. The number of hydrogen-bond acceptors (Lipinski definition) is 3. The monoisotopic (exact) mass is 458 g/mol. The minimum Gasteiger partial charge on any atom is -0.357 e. The van der Waals surface area contributed by atoms with E-state index >= 15 is 0 Å². The number of halogens is 1. The molecular formula is C18H27IN4S. The molecule has 2 aromatic rings. The fourth-order valence-electron chi connectivity index (χ4n) is 2.31. The van der Waals surface area contributed by atoms with E-state index in [0.29, 0.717) is 6.54 Å². The van der Waals surface area contributed by atoms with Crippen LogP contribution in [-0.2, 0) is 19.4 Å². The Balaban J connectivity index is 0.00000288. The molecule has 1 heterocycles. The summed E-state index contributed by atoms with van der Waals surface area (Å²) in [4.78, 5) is 10.7. The van der Waals surface area contributed by atoms with Gasteiger partial charge in [0.2, 0.25) is 0 Å². The van der Waals surface area contributed by atoms with Crippen LogP contribution >= 0.6 is 35.3 Å². The third-order valence-corrected chi connectivity index (χ3v) is 4.58. The van der Waals surface area contributed by atoms with Gasteiger partial charge in [-0.3, -0.25) is 0 Å². The smallest absolute Gasteiger partial charge is 0.191 e. The molecular weight excluding hydrogens is 431 g/mol. The highest BCUT2D eigenvalue weighted by molar-refractivity contribution is 14.0. The van der Waals surface area contributed by atoms with E-state index in [9.17, 15) is 0 Å². The Morgan fingerprint density at radius 3 is 2.54 bits per heavy atom. The molecule has 0 bridgehead atoms. The lowest BCUT2D eigenvalue weighted by Gasteiger charge is -2.10. The highest BCUT2D eigenvalue weighted by Gasteiger charge is 2.06. The Morgan fingerprint density at radius 2 is 1.92 bits per heavy atom. The Morgan fingerprint density at radius 1 is 1.17 bits per heavy atom. The van der Waals surface area contributed by atoms with Gasteiger partial charge in [-0.1, -0.05) is 37.3 Å². The highest BCUT2D eigenvalue weighted by atomic mass is 127. The standard InChI is InChI=1S/C18H26N4S.HI/c1-4-16-14(3)23-17(22-16)11-12-20-18(19-5-2)21-13-15-9-7-6-8-10-15;/h6-10H,4-5,11-13H2,1-3H3,(H2,19,20,21);1H. The van der Waals surface area contributed by atoms with E-state index in [0.717, 1.165) is 31.9 Å². The molecule has 0 aliphatic carbocycles. The Labute approximate surface area is 166 Å². The number of aromatic nitrogens is 1. The lowest BCUT2D eigenvalue weighted by Crippen LogP contribution is -2.38. The van der Waals surface area contributed by atoms with E-state index in [-0.39, 0.29) is 24.0 Å². The first kappa shape index (κ1) is 20.9. The van der Waals surface area contributed by atoms with Crippen LogP contribution in [0.3, 0.4) is 0 Å². The average molecular weight is 458 g/mol. The Bertz CT molecular complexity index is 625. The van der Waals surface area contributed by atoms with Gasteiger partial charge >= 0.3 is 0 Å². The van der Waals surface area contributed by atoms with Gasteiger partial charge in [0, 0.05) is 24.4 Å². The lowest BCUT2D eigenvalue weighted by atomic mass is 10.2. The third kappa shape index (κ3) is 6.76. The number of nitrogens with zero attached hydrogens (tertiary/aromatic N) is 2. The fraction of sp³-hybridized carbons (Fsp3) is 0.444. The van der Waals surface area contributed by atoms with Crippen molar-refractivity contribution in [1.82, 2.24) is 15.6 Å². The largest absolute Gasteiger partial charge is 0.357 e. The van der Waals surface area contributed by atoms with Crippen LogP contribution in [-0.4, -0.2) is 24.0 Å². The van der Waals surface area contributed by atoms with Gasteiger partial charge in [-0.15, -0.1) is 35.3 Å². The second-order valence-corrected chi connectivity index (χ2v) is 6.61. The van der Waals surface area contributed by atoms with Crippen LogP contribution in [0.2, 0.25) is 0 Å². The summed E-state index contributed by atoms with van der Waals surface area (Å²) in [5.74, 6) is 0.861. The minimum atomic E-state index is 0. The first-order chi connectivity index (χ1) is 11.2. The second-order valence-electron chi connectivity index (χ2n) is 5.32. The zero-order valence-electron chi connectivity index (χ0n) is 14.6. The maximum absolute atomic E-state index is 4.68. The molecule has 1 aromatic heterocycles. The summed E-state index contributed by atoms with van der Waals surface area (Å²) in [5.41, 5.74) is 2.45. The summed E-state index contributed by atoms with van der Waals surface area (Å²) < 4.78 is 0. The summed E-state index contributed by atoms with van der Waals surface area (Å²) in [6.45, 7) is 8.78. The summed E-state index contributed by atoms with van der Waals surface area (Å²) >= 11 is 1.80. The van der Waals surface area contributed by atoms with Gasteiger partial charge in [-0.05, 0) is 25.8 Å². The van der Waals surface area contributed by atoms with E-state index in [2.05, 4.69) is 53.5 Å². The van der Waals surface area contributed by atoms with Gasteiger partial charge in [-0.2, -0.15) is 0 Å². The van der Waals surface area contributed by atoms with Crippen molar-refractivity contribution in [3.8, 4) is 0 Å². The van der Waals surface area contributed by atoms with Gasteiger partial charge in [0.25, 0.3) is 0 Å². The number of aliphatic imine (C=N–C) groups is 1. The Hall–Kier alpha value is -1.15. The molecule has 132 valence electrons. The number of aryl methyl sites for hydroxylation is 2. The van der Waals surface area contributed by atoms with E-state index in [1.165, 1.54) is 21.1 Å². The summed E-state index contributed by atoms with van der Waals surface area (Å²) in [6.07, 6.45) is 1.94. The molecule has 0 fully saturated rings. The van der Waals surface area contributed by atoms with E-state index in [1.54, 1.807) is 11.3 Å². The first-order valence-corrected chi connectivity index (χ1v) is 9.05. The van der Waals surface area contributed by atoms with Gasteiger partial charge in [-0.25, -0.2) is 9.98 Å². The summed E-state index contributed by atoms with van der Waals surface area (Å²) in [5, 5.41) is 7.88. The SMILES string of the molecule is CCNC(=NCc1ccccc1)NCCc1nc(CC)c(C)s1.I. The Kier molecular flexibility index (Phi) is 9.94. The van der Waals surface area contributed by atoms with Gasteiger partial charge in [0.1, 0.15) is 0 Å². The van der Waals surface area contributed by atoms with Crippen molar-refractivity contribution in [1.29, 1.82) is 0 Å². The predicted octanol–water partition coefficient (Wildman–Crippen LogP) is 3.93. The molecule has 0 unspecified atom stereocenters. The van der Waals surface area contributed by atoms with Crippen molar-refractivity contribution in [3.63, 3.8) is 0 Å². The van der Waals surface area contributed by atoms with Crippen molar-refractivity contribution in [2.24, 2.45) is 4.99 Å². The molecule has 0 aliphatic rings. The molecule has 2 N–H and O–H groups in total. The number of rotatable bonds is 7. The molecule has 0 atom stereocenters. The van der Waals surface area contributed by atoms with Crippen molar-refractivity contribution < 1.29 is 0 Å². The molecule has 1 aromatic carbocycles. The maximum Gasteiger partial charge on any atom is 0.191 e. The van der Waals surface area contributed by atoms with E-state index in [4.69, 9.17) is 0 Å². The molecule has 24 heavy (non-hydrogen) atoms. The molecule has 6 heteroatoms. The van der Waals surface area contributed by atoms with Crippen LogP contribution in [0.15, 0.2) is 35.3 Å². The number of guanidine groups is 1.